The van der Waals surface area contributed by atoms with Gasteiger partial charge in [-0.25, -0.2) is 4.79 Å². The van der Waals surface area contributed by atoms with Crippen molar-refractivity contribution in [2.24, 2.45) is 0 Å². The van der Waals surface area contributed by atoms with Gasteiger partial charge < -0.3 is 29.1 Å². The third-order valence-electron chi connectivity index (χ3n) is 3.47. The first kappa shape index (κ1) is 24.4. The van der Waals surface area contributed by atoms with E-state index in [1.165, 1.54) is 0 Å². The number of esters is 4. The number of nitrogens with one attached hydrogen (secondary N) is 1. The van der Waals surface area contributed by atoms with Gasteiger partial charge in [-0.15, -0.1) is 0 Å². The second-order valence-corrected chi connectivity index (χ2v) is 7.92. The normalized spacial score (nSPS) is 27.3. The van der Waals surface area contributed by atoms with Crippen molar-refractivity contribution in [1.29, 1.82) is 5.41 Å². The predicted octanol–water partition coefficient (Wildman–Crippen LogP) is 1.11. The number of ether oxygens (including phenoxy) is 5. The van der Waals surface area contributed by atoms with E-state index < -0.39 is 63.9 Å². The van der Waals surface area contributed by atoms with Crippen molar-refractivity contribution in [3.63, 3.8) is 0 Å². The van der Waals surface area contributed by atoms with Gasteiger partial charge in [0.1, 0.15) is 6.10 Å². The van der Waals surface area contributed by atoms with Crippen LogP contribution in [-0.4, -0.2) is 71.0 Å². The molecule has 1 heterocycles. The van der Waals surface area contributed by atoms with Crippen molar-refractivity contribution in [3.05, 3.63) is 0 Å². The molecular formula is C15H18Cl3NO9. The molecule has 1 aliphatic heterocycles. The van der Waals surface area contributed by atoms with E-state index in [1.807, 2.05) is 0 Å². The van der Waals surface area contributed by atoms with Crippen molar-refractivity contribution in [3.8, 4) is 0 Å². The number of rotatable bonds is 5. The Hall–Kier alpha value is -1.62. The first-order valence-electron chi connectivity index (χ1n) is 7.70. The number of hydrogen-bond donors (Lipinski definition) is 1. The monoisotopic (exact) mass is 461 g/mol. The minimum atomic E-state index is -2.31. The molecule has 5 atom stereocenters. The van der Waals surface area contributed by atoms with Gasteiger partial charge in [0.2, 0.25) is 3.79 Å². The molecule has 1 rings (SSSR count). The Bertz CT molecular complexity index is 664. The average Bonchev–Trinajstić information content (AvgIpc) is 2.54. The van der Waals surface area contributed by atoms with Crippen LogP contribution in [0.1, 0.15) is 20.8 Å². The second-order valence-electron chi connectivity index (χ2n) is 5.63. The Morgan fingerprint density at radius 1 is 0.821 bits per heavy atom. The number of halogens is 3. The summed E-state index contributed by atoms with van der Waals surface area (Å²) in [4.78, 5) is 46.9. The summed E-state index contributed by atoms with van der Waals surface area (Å²) in [6.07, 6.45) is -7.97. The summed E-state index contributed by atoms with van der Waals surface area (Å²) in [5, 5.41) is 8.06. The van der Waals surface area contributed by atoms with Gasteiger partial charge >= 0.3 is 23.9 Å². The van der Waals surface area contributed by atoms with Crippen molar-refractivity contribution < 1.29 is 42.9 Å². The highest BCUT2D eigenvalue weighted by Gasteiger charge is 2.57. The standard InChI is InChI=1S/C15H18Cl3NO9/c1-5(20)25-8-9(26-6(2)21)11(13(19)15(16,17)18)28-12(14(23)24-4)10(8)27-7(3)22/h8-12,19H,1-4H3. The summed E-state index contributed by atoms with van der Waals surface area (Å²) in [5.74, 6) is -3.59. The molecule has 0 aromatic heterocycles. The molecule has 158 valence electrons. The van der Waals surface area contributed by atoms with E-state index in [1.54, 1.807) is 0 Å². The average molecular weight is 463 g/mol. The van der Waals surface area contributed by atoms with Gasteiger partial charge in [0.25, 0.3) is 0 Å². The predicted molar refractivity (Wildman–Crippen MR) is 95.4 cm³/mol. The van der Waals surface area contributed by atoms with Crippen molar-refractivity contribution >= 4 is 64.4 Å². The highest BCUT2D eigenvalue weighted by atomic mass is 35.6. The minimum Gasteiger partial charge on any atom is -0.467 e. The molecule has 0 aromatic rings. The summed E-state index contributed by atoms with van der Waals surface area (Å²) < 4.78 is 23.1. The molecule has 10 nitrogen and oxygen atoms in total. The Balaban J connectivity index is 3.53. The van der Waals surface area contributed by atoms with Gasteiger partial charge in [-0.3, -0.25) is 14.4 Å². The summed E-state index contributed by atoms with van der Waals surface area (Å²) in [6.45, 7) is 3.11. The SMILES string of the molecule is COC(=O)C1OC(C(=N)C(Cl)(Cl)Cl)C(OC(C)=O)C(OC(C)=O)C1OC(C)=O. The Morgan fingerprint density at radius 2 is 1.21 bits per heavy atom. The summed E-state index contributed by atoms with van der Waals surface area (Å²) in [6, 6.07) is 0. The van der Waals surface area contributed by atoms with E-state index in [0.29, 0.717) is 0 Å². The molecule has 1 saturated heterocycles. The molecule has 0 bridgehead atoms. The second kappa shape index (κ2) is 9.73. The van der Waals surface area contributed by atoms with E-state index in [9.17, 15) is 19.2 Å². The molecule has 0 amide bonds. The van der Waals surface area contributed by atoms with Crippen molar-refractivity contribution in [1.82, 2.24) is 0 Å². The fourth-order valence-corrected chi connectivity index (χ4v) is 2.83. The first-order chi connectivity index (χ1) is 12.8. The third kappa shape index (κ3) is 6.20. The lowest BCUT2D eigenvalue weighted by Crippen LogP contribution is -2.65. The summed E-state index contributed by atoms with van der Waals surface area (Å²) in [7, 11) is 1.03. The molecule has 0 aromatic carbocycles. The molecule has 0 saturated carbocycles. The lowest BCUT2D eigenvalue weighted by molar-refractivity contribution is -0.238. The molecule has 0 aliphatic carbocycles. The number of hydrogen-bond acceptors (Lipinski definition) is 10. The molecule has 0 spiro atoms. The third-order valence-corrected chi connectivity index (χ3v) is 4.08. The minimum absolute atomic E-state index is 0.712. The Morgan fingerprint density at radius 3 is 1.57 bits per heavy atom. The zero-order chi connectivity index (χ0) is 21.8. The van der Waals surface area contributed by atoms with Crippen LogP contribution in [0.5, 0.6) is 0 Å². The maximum atomic E-state index is 12.2. The number of methoxy groups -OCH3 is 1. The van der Waals surface area contributed by atoms with Crippen LogP contribution in [0.3, 0.4) is 0 Å². The quantitative estimate of drug-likeness (QED) is 0.275. The van der Waals surface area contributed by atoms with Gasteiger partial charge in [0.15, 0.2) is 24.4 Å². The highest BCUT2D eigenvalue weighted by Crippen LogP contribution is 2.36. The molecular weight excluding hydrogens is 445 g/mol. The van der Waals surface area contributed by atoms with Gasteiger partial charge in [0, 0.05) is 20.8 Å². The maximum absolute atomic E-state index is 12.2. The highest BCUT2D eigenvalue weighted by molar-refractivity contribution is 6.76. The lowest BCUT2D eigenvalue weighted by atomic mass is 9.91. The molecule has 0 radical (unpaired) electrons. The van der Waals surface area contributed by atoms with Crippen LogP contribution >= 0.6 is 34.8 Å². The van der Waals surface area contributed by atoms with Gasteiger partial charge in [-0.2, -0.15) is 0 Å². The number of carbonyl (C=O) groups is 4. The van der Waals surface area contributed by atoms with Gasteiger partial charge in [-0.05, 0) is 0 Å². The van der Waals surface area contributed by atoms with Crippen LogP contribution < -0.4 is 0 Å². The van der Waals surface area contributed by atoms with E-state index in [4.69, 9.17) is 59.2 Å². The van der Waals surface area contributed by atoms with Crippen LogP contribution in [0.25, 0.3) is 0 Å². The van der Waals surface area contributed by atoms with E-state index >= 15 is 0 Å². The number of carbonyl (C=O) groups excluding carboxylic acids is 4. The van der Waals surface area contributed by atoms with Crippen molar-refractivity contribution in [2.45, 2.75) is 55.1 Å². The van der Waals surface area contributed by atoms with Crippen LogP contribution in [0.15, 0.2) is 0 Å². The largest absolute Gasteiger partial charge is 0.467 e. The Kier molecular flexibility index (Phi) is 8.48. The molecule has 13 heteroatoms. The number of alkyl halides is 3. The fraction of sp³-hybridized carbons (Fsp3) is 0.667. The van der Waals surface area contributed by atoms with E-state index in [-0.39, 0.29) is 0 Å². The zero-order valence-electron chi connectivity index (χ0n) is 15.2. The Labute approximate surface area is 175 Å². The lowest BCUT2D eigenvalue weighted by Gasteiger charge is -2.44. The molecule has 1 aliphatic rings. The van der Waals surface area contributed by atoms with Gasteiger partial charge in [-0.1, -0.05) is 34.8 Å². The zero-order valence-corrected chi connectivity index (χ0v) is 17.5. The smallest absolute Gasteiger partial charge is 0.339 e. The van der Waals surface area contributed by atoms with Crippen LogP contribution in [-0.2, 0) is 42.9 Å². The van der Waals surface area contributed by atoms with E-state index in [0.717, 1.165) is 27.9 Å². The van der Waals surface area contributed by atoms with E-state index in [2.05, 4.69) is 4.74 Å². The first-order valence-corrected chi connectivity index (χ1v) is 8.83. The molecule has 5 unspecified atom stereocenters. The topological polar surface area (TPSA) is 138 Å². The molecule has 1 N–H and O–H groups in total. The molecule has 28 heavy (non-hydrogen) atoms. The maximum Gasteiger partial charge on any atom is 0.339 e. The summed E-state index contributed by atoms with van der Waals surface area (Å²) >= 11 is 17.2. The van der Waals surface area contributed by atoms with Gasteiger partial charge in [0.05, 0.1) is 12.8 Å². The van der Waals surface area contributed by atoms with Crippen LogP contribution in [0.2, 0.25) is 0 Å². The molecule has 1 fully saturated rings. The van der Waals surface area contributed by atoms with Crippen LogP contribution in [0.4, 0.5) is 0 Å². The summed E-state index contributed by atoms with van der Waals surface area (Å²) in [5.41, 5.74) is -0.712. The van der Waals surface area contributed by atoms with Crippen LogP contribution in [0, 0.1) is 5.41 Å². The fourth-order valence-electron chi connectivity index (χ4n) is 2.51. The van der Waals surface area contributed by atoms with Crippen molar-refractivity contribution in [2.75, 3.05) is 7.11 Å².